The molecule has 3 aromatic carbocycles. The molecule has 9 nitrogen and oxygen atoms in total. The van der Waals surface area contributed by atoms with Gasteiger partial charge in [-0.2, -0.15) is 0 Å². The number of hydrogen-bond donors (Lipinski definition) is 5. The molecule has 0 saturated carbocycles. The molecule has 3 rings (SSSR count). The molecule has 2 atom stereocenters. The fourth-order valence-corrected chi connectivity index (χ4v) is 3.55. The van der Waals surface area contributed by atoms with Gasteiger partial charge in [0.1, 0.15) is 17.8 Å². The Morgan fingerprint density at radius 1 is 0.750 bits per heavy atom. The van der Waals surface area contributed by atoms with E-state index in [1.165, 1.54) is 31.2 Å². The third-order valence-electron chi connectivity index (χ3n) is 5.36. The third-order valence-corrected chi connectivity index (χ3v) is 5.36. The maximum absolute atomic E-state index is 13.2. The molecule has 0 bridgehead atoms. The standard InChI is InChI=1S/C27H27N3O6/c1-17(31)28-21-11-9-20(10-12-21)25(33)29-23(15-19-7-13-22(32)14-8-19)26(34)30-24(27(35)36)16-18-5-3-2-4-6-18/h2-14,23-24,32H,15-16H2,1H3,(H,28,31)(H,29,33)(H,30,34)(H,35,36)/t23-,24-/m0/s1. The SMILES string of the molecule is CC(=O)Nc1ccc(C(=O)N[C@@H](Cc2ccc(O)cc2)C(=O)N[C@@H](Cc2ccccc2)C(=O)O)cc1. The second-order valence-electron chi connectivity index (χ2n) is 8.24. The topological polar surface area (TPSA) is 145 Å². The van der Waals surface area contributed by atoms with Crippen LogP contribution in [0.3, 0.4) is 0 Å². The average Bonchev–Trinajstić information content (AvgIpc) is 2.85. The van der Waals surface area contributed by atoms with Crippen molar-refractivity contribution in [2.75, 3.05) is 5.32 Å². The van der Waals surface area contributed by atoms with Crippen molar-refractivity contribution in [1.29, 1.82) is 0 Å². The van der Waals surface area contributed by atoms with Gasteiger partial charge in [-0.1, -0.05) is 42.5 Å². The predicted molar refractivity (Wildman–Crippen MR) is 134 cm³/mol. The molecule has 3 aromatic rings. The van der Waals surface area contributed by atoms with Crippen molar-refractivity contribution in [3.8, 4) is 5.75 Å². The minimum atomic E-state index is -1.20. The number of rotatable bonds is 10. The van der Waals surface area contributed by atoms with Crippen LogP contribution in [0.1, 0.15) is 28.4 Å². The van der Waals surface area contributed by atoms with Crippen LogP contribution in [0, 0.1) is 0 Å². The van der Waals surface area contributed by atoms with E-state index >= 15 is 0 Å². The lowest BCUT2D eigenvalue weighted by Crippen LogP contribution is -2.53. The van der Waals surface area contributed by atoms with Crippen molar-refractivity contribution >= 4 is 29.4 Å². The first-order valence-electron chi connectivity index (χ1n) is 11.2. The van der Waals surface area contributed by atoms with Crippen molar-refractivity contribution < 1.29 is 29.4 Å². The summed E-state index contributed by atoms with van der Waals surface area (Å²) in [5.74, 6) is -2.60. The molecule has 0 fully saturated rings. The number of carbonyl (C=O) groups excluding carboxylic acids is 3. The van der Waals surface area contributed by atoms with Crippen LogP contribution in [0.2, 0.25) is 0 Å². The van der Waals surface area contributed by atoms with Crippen LogP contribution < -0.4 is 16.0 Å². The van der Waals surface area contributed by atoms with Gasteiger partial charge in [0.15, 0.2) is 0 Å². The van der Waals surface area contributed by atoms with Gasteiger partial charge in [-0.15, -0.1) is 0 Å². The first kappa shape index (κ1) is 26.0. The Kier molecular flexibility index (Phi) is 8.77. The van der Waals surface area contributed by atoms with E-state index in [0.717, 1.165) is 5.56 Å². The van der Waals surface area contributed by atoms with Crippen molar-refractivity contribution in [3.05, 3.63) is 95.6 Å². The van der Waals surface area contributed by atoms with E-state index < -0.39 is 29.9 Å². The van der Waals surface area contributed by atoms with E-state index in [2.05, 4.69) is 16.0 Å². The Bertz CT molecular complexity index is 1210. The molecular formula is C27H27N3O6. The van der Waals surface area contributed by atoms with Crippen LogP contribution in [0.5, 0.6) is 5.75 Å². The van der Waals surface area contributed by atoms with Gasteiger partial charge >= 0.3 is 5.97 Å². The number of hydrogen-bond acceptors (Lipinski definition) is 5. The second kappa shape index (κ2) is 12.2. The first-order valence-corrected chi connectivity index (χ1v) is 11.2. The number of anilines is 1. The Labute approximate surface area is 208 Å². The zero-order chi connectivity index (χ0) is 26.1. The van der Waals surface area contributed by atoms with Gasteiger partial charge in [0.2, 0.25) is 11.8 Å². The van der Waals surface area contributed by atoms with Crippen LogP contribution in [0.15, 0.2) is 78.9 Å². The van der Waals surface area contributed by atoms with Crippen molar-refractivity contribution in [3.63, 3.8) is 0 Å². The van der Waals surface area contributed by atoms with Crippen LogP contribution >= 0.6 is 0 Å². The number of carboxylic acids is 1. The van der Waals surface area contributed by atoms with Gasteiger partial charge in [0.05, 0.1) is 0 Å². The summed E-state index contributed by atoms with van der Waals surface area (Å²) in [6, 6.07) is 18.9. The molecule has 0 saturated heterocycles. The largest absolute Gasteiger partial charge is 0.508 e. The van der Waals surface area contributed by atoms with Gasteiger partial charge in [0, 0.05) is 31.0 Å². The fourth-order valence-electron chi connectivity index (χ4n) is 3.55. The number of amides is 3. The summed E-state index contributed by atoms with van der Waals surface area (Å²) in [5.41, 5.74) is 2.17. The van der Waals surface area contributed by atoms with Crippen molar-refractivity contribution in [1.82, 2.24) is 10.6 Å². The summed E-state index contributed by atoms with van der Waals surface area (Å²) in [5, 5.41) is 27.0. The highest BCUT2D eigenvalue weighted by Gasteiger charge is 2.27. The molecule has 0 aliphatic heterocycles. The lowest BCUT2D eigenvalue weighted by atomic mass is 10.0. The summed E-state index contributed by atoms with van der Waals surface area (Å²) in [6.45, 7) is 1.37. The van der Waals surface area contributed by atoms with E-state index in [1.807, 2.05) is 6.07 Å². The Morgan fingerprint density at radius 3 is 1.92 bits per heavy atom. The highest BCUT2D eigenvalue weighted by molar-refractivity contribution is 5.99. The normalized spacial score (nSPS) is 12.1. The molecule has 0 radical (unpaired) electrons. The molecule has 9 heteroatoms. The van der Waals surface area contributed by atoms with Gasteiger partial charge in [0.25, 0.3) is 5.91 Å². The number of benzene rings is 3. The number of carbonyl (C=O) groups is 4. The van der Waals surface area contributed by atoms with Crippen LogP contribution in [0.25, 0.3) is 0 Å². The van der Waals surface area contributed by atoms with Crippen LogP contribution in [0.4, 0.5) is 5.69 Å². The Morgan fingerprint density at radius 2 is 1.33 bits per heavy atom. The second-order valence-corrected chi connectivity index (χ2v) is 8.24. The van der Waals surface area contributed by atoms with E-state index in [-0.39, 0.29) is 30.1 Å². The Balaban J connectivity index is 1.78. The number of phenolic OH excluding ortho intramolecular Hbond substituents is 1. The lowest BCUT2D eigenvalue weighted by molar-refractivity contribution is -0.142. The molecule has 3 amide bonds. The molecule has 0 aliphatic rings. The highest BCUT2D eigenvalue weighted by Crippen LogP contribution is 2.14. The van der Waals surface area contributed by atoms with Crippen molar-refractivity contribution in [2.24, 2.45) is 0 Å². The maximum atomic E-state index is 13.2. The molecule has 36 heavy (non-hydrogen) atoms. The predicted octanol–water partition coefficient (Wildman–Crippen LogP) is 2.50. The summed E-state index contributed by atoms with van der Waals surface area (Å²) in [4.78, 5) is 49.1. The average molecular weight is 490 g/mol. The molecule has 0 aliphatic carbocycles. The van der Waals surface area contributed by atoms with Gasteiger partial charge in [-0.05, 0) is 47.5 Å². The fraction of sp³-hybridized carbons (Fsp3) is 0.185. The quantitative estimate of drug-likeness (QED) is 0.296. The smallest absolute Gasteiger partial charge is 0.326 e. The van der Waals surface area contributed by atoms with E-state index in [1.54, 1.807) is 48.5 Å². The van der Waals surface area contributed by atoms with Gasteiger partial charge < -0.3 is 26.2 Å². The van der Waals surface area contributed by atoms with E-state index in [0.29, 0.717) is 11.3 Å². The molecule has 186 valence electrons. The van der Waals surface area contributed by atoms with E-state index in [4.69, 9.17) is 0 Å². The maximum Gasteiger partial charge on any atom is 0.326 e. The summed E-state index contributed by atoms with van der Waals surface area (Å²) < 4.78 is 0. The summed E-state index contributed by atoms with van der Waals surface area (Å²) in [7, 11) is 0. The van der Waals surface area contributed by atoms with Crippen molar-refractivity contribution in [2.45, 2.75) is 31.8 Å². The number of aromatic hydroxyl groups is 1. The number of carboxylic acid groups (broad SMARTS) is 1. The first-order chi connectivity index (χ1) is 17.2. The summed E-state index contributed by atoms with van der Waals surface area (Å²) in [6.07, 6.45) is 0.145. The molecule has 0 spiro atoms. The highest BCUT2D eigenvalue weighted by atomic mass is 16.4. The molecule has 0 aromatic heterocycles. The molecular weight excluding hydrogens is 462 g/mol. The lowest BCUT2D eigenvalue weighted by Gasteiger charge is -2.22. The Hall–Kier alpha value is -4.66. The minimum absolute atomic E-state index is 0.0526. The number of aliphatic carboxylic acids is 1. The van der Waals surface area contributed by atoms with Crippen LogP contribution in [-0.4, -0.2) is 46.0 Å². The van der Waals surface area contributed by atoms with Gasteiger partial charge in [-0.25, -0.2) is 4.79 Å². The summed E-state index contributed by atoms with van der Waals surface area (Å²) >= 11 is 0. The molecule has 0 heterocycles. The number of phenols is 1. The third kappa shape index (κ3) is 7.69. The molecule has 5 N–H and O–H groups in total. The minimum Gasteiger partial charge on any atom is -0.508 e. The zero-order valence-corrected chi connectivity index (χ0v) is 19.6. The molecule has 0 unspecified atom stereocenters. The van der Waals surface area contributed by atoms with E-state index in [9.17, 15) is 29.4 Å². The zero-order valence-electron chi connectivity index (χ0n) is 19.6. The monoisotopic (exact) mass is 489 g/mol. The van der Waals surface area contributed by atoms with Crippen LogP contribution in [-0.2, 0) is 27.2 Å². The number of nitrogens with one attached hydrogen (secondary N) is 3. The van der Waals surface area contributed by atoms with Gasteiger partial charge in [-0.3, -0.25) is 14.4 Å².